The average molecular weight is 462 g/mol. The lowest BCUT2D eigenvalue weighted by Gasteiger charge is -2.65. The number of nitrogens with zero attached hydrogens (tertiary/aromatic N) is 2. The summed E-state index contributed by atoms with van der Waals surface area (Å²) in [6.07, 6.45) is 2.44. The van der Waals surface area contributed by atoms with Gasteiger partial charge >= 0.3 is 15.2 Å². The van der Waals surface area contributed by atoms with Gasteiger partial charge < -0.3 is 19.6 Å². The summed E-state index contributed by atoms with van der Waals surface area (Å²) < 4.78 is 24.6. The van der Waals surface area contributed by atoms with E-state index in [9.17, 15) is 28.7 Å². The summed E-state index contributed by atoms with van der Waals surface area (Å²) in [7, 11) is -10.2. The van der Waals surface area contributed by atoms with E-state index in [0.29, 0.717) is 38.8 Å². The van der Waals surface area contributed by atoms with Gasteiger partial charge in [0.25, 0.3) is 0 Å². The molecule has 1 aromatic carbocycles. The van der Waals surface area contributed by atoms with Crippen molar-refractivity contribution < 1.29 is 28.7 Å². The number of piperazine rings is 1. The highest BCUT2D eigenvalue weighted by atomic mass is 31.2. The molecule has 0 aromatic heterocycles. The summed E-state index contributed by atoms with van der Waals surface area (Å²) >= 11 is 0. The van der Waals surface area contributed by atoms with Gasteiger partial charge in [-0.1, -0.05) is 58.0 Å². The molecule has 172 valence electrons. The van der Waals surface area contributed by atoms with E-state index >= 15 is 0 Å². The molecule has 0 spiro atoms. The van der Waals surface area contributed by atoms with Crippen molar-refractivity contribution in [2.24, 2.45) is 0 Å². The third kappa shape index (κ3) is 4.48. The normalized spacial score (nSPS) is 20.6. The fraction of sp³-hybridized carbons (Fsp3) is 0.700. The van der Waals surface area contributed by atoms with Gasteiger partial charge in [-0.3, -0.25) is 18.9 Å². The van der Waals surface area contributed by atoms with E-state index in [1.165, 1.54) is 4.90 Å². The van der Waals surface area contributed by atoms with Gasteiger partial charge in [0.15, 0.2) is 0 Å². The van der Waals surface area contributed by atoms with E-state index in [1.54, 1.807) is 0 Å². The Kier molecular flexibility index (Phi) is 8.15. The SMILES string of the molecule is CCC1(CC)N(Cc2ccccc2)CCN(C(P(=O)(O)O)P(=O)(O)O)C1(CC)CC. The highest BCUT2D eigenvalue weighted by Gasteiger charge is 2.62. The molecular formula is C20H36N2O6P2. The third-order valence-corrected chi connectivity index (χ3v) is 10.6. The summed E-state index contributed by atoms with van der Waals surface area (Å²) in [6, 6.07) is 10.0. The summed E-state index contributed by atoms with van der Waals surface area (Å²) in [5.41, 5.74) is -2.27. The van der Waals surface area contributed by atoms with Crippen LogP contribution in [0.2, 0.25) is 0 Å². The van der Waals surface area contributed by atoms with Gasteiger partial charge in [-0.2, -0.15) is 0 Å². The first-order valence-corrected chi connectivity index (χ1v) is 14.0. The second kappa shape index (κ2) is 9.51. The molecule has 0 amide bonds. The van der Waals surface area contributed by atoms with Crippen molar-refractivity contribution in [2.75, 3.05) is 13.1 Å². The molecule has 4 N–H and O–H groups in total. The zero-order chi connectivity index (χ0) is 22.8. The van der Waals surface area contributed by atoms with Crippen LogP contribution in [0.25, 0.3) is 0 Å². The molecule has 1 aliphatic rings. The maximum atomic E-state index is 12.3. The Hall–Kier alpha value is -0.560. The van der Waals surface area contributed by atoms with Crippen LogP contribution in [0.4, 0.5) is 0 Å². The average Bonchev–Trinajstić information content (AvgIpc) is 2.67. The van der Waals surface area contributed by atoms with Crippen molar-refractivity contribution in [3.63, 3.8) is 0 Å². The van der Waals surface area contributed by atoms with Crippen LogP contribution in [0.3, 0.4) is 0 Å². The molecule has 0 bridgehead atoms. The van der Waals surface area contributed by atoms with Crippen LogP contribution in [0.1, 0.15) is 58.9 Å². The fourth-order valence-corrected chi connectivity index (χ4v) is 8.78. The molecule has 0 aliphatic carbocycles. The predicted molar refractivity (Wildman–Crippen MR) is 118 cm³/mol. The van der Waals surface area contributed by atoms with E-state index < -0.39 is 31.8 Å². The summed E-state index contributed by atoms with van der Waals surface area (Å²) in [4.78, 5) is 43.7. The fourth-order valence-electron chi connectivity index (χ4n) is 5.82. The molecule has 1 aromatic rings. The van der Waals surface area contributed by atoms with Gasteiger partial charge in [0.05, 0.1) is 0 Å². The third-order valence-electron chi connectivity index (χ3n) is 7.07. The molecule has 0 atom stereocenters. The number of rotatable bonds is 9. The molecule has 30 heavy (non-hydrogen) atoms. The van der Waals surface area contributed by atoms with Crippen molar-refractivity contribution in [1.29, 1.82) is 0 Å². The van der Waals surface area contributed by atoms with Crippen molar-refractivity contribution in [1.82, 2.24) is 9.80 Å². The topological polar surface area (TPSA) is 122 Å². The first kappa shape index (κ1) is 25.7. The minimum Gasteiger partial charge on any atom is -0.323 e. The highest BCUT2D eigenvalue weighted by molar-refractivity contribution is 7.70. The summed E-state index contributed by atoms with van der Waals surface area (Å²) in [5.74, 6) is 0. The van der Waals surface area contributed by atoms with Crippen molar-refractivity contribution >= 4 is 15.2 Å². The van der Waals surface area contributed by atoms with Crippen LogP contribution in [-0.2, 0) is 15.7 Å². The second-order valence-electron chi connectivity index (χ2n) is 8.10. The first-order valence-electron chi connectivity index (χ1n) is 10.6. The standard InChI is InChI=1S/C20H36N2O6P2/c1-5-19(6-2)20(7-3,8-4)22(18(29(23,24)25)30(26,27)28)15-14-21(19)16-17-12-10-9-11-13-17/h9-13,18H,5-8,14-16H2,1-4H3,(H2,23,24,25)(H2,26,27,28). The quantitative estimate of drug-likeness (QED) is 0.411. The Morgan fingerprint density at radius 1 is 0.833 bits per heavy atom. The van der Waals surface area contributed by atoms with Gasteiger partial charge in [0.2, 0.25) is 5.52 Å². The second-order valence-corrected chi connectivity index (χ2v) is 11.8. The van der Waals surface area contributed by atoms with Crippen LogP contribution in [0, 0.1) is 0 Å². The van der Waals surface area contributed by atoms with Gasteiger partial charge in [0.1, 0.15) is 0 Å². The van der Waals surface area contributed by atoms with Gasteiger partial charge in [-0.05, 0) is 31.2 Å². The van der Waals surface area contributed by atoms with E-state index in [4.69, 9.17) is 0 Å². The van der Waals surface area contributed by atoms with Crippen LogP contribution in [0.5, 0.6) is 0 Å². The molecule has 0 radical (unpaired) electrons. The molecule has 1 fully saturated rings. The first-order chi connectivity index (χ1) is 13.9. The monoisotopic (exact) mass is 462 g/mol. The summed E-state index contributed by atoms with van der Waals surface area (Å²) in [5, 5.41) is 0. The Morgan fingerprint density at radius 3 is 1.70 bits per heavy atom. The molecule has 2 rings (SSSR count). The zero-order valence-corrected chi connectivity index (χ0v) is 20.1. The van der Waals surface area contributed by atoms with Crippen LogP contribution in [-0.4, -0.2) is 59.1 Å². The Balaban J connectivity index is 2.65. The van der Waals surface area contributed by atoms with Gasteiger partial charge in [-0.25, -0.2) is 0 Å². The van der Waals surface area contributed by atoms with Crippen molar-refractivity contribution in [3.05, 3.63) is 35.9 Å². The van der Waals surface area contributed by atoms with E-state index in [0.717, 1.165) is 5.56 Å². The van der Waals surface area contributed by atoms with Gasteiger partial charge in [0, 0.05) is 30.7 Å². The van der Waals surface area contributed by atoms with Crippen LogP contribution >= 0.6 is 15.2 Å². The van der Waals surface area contributed by atoms with E-state index in [-0.39, 0.29) is 6.54 Å². The smallest absolute Gasteiger partial charge is 0.323 e. The molecule has 0 unspecified atom stereocenters. The molecule has 0 saturated carbocycles. The lowest BCUT2D eigenvalue weighted by atomic mass is 9.66. The number of hydrogen-bond donors (Lipinski definition) is 4. The maximum absolute atomic E-state index is 12.3. The molecule has 8 nitrogen and oxygen atoms in total. The highest BCUT2D eigenvalue weighted by Crippen LogP contribution is 2.64. The lowest BCUT2D eigenvalue weighted by molar-refractivity contribution is -0.133. The number of hydrogen-bond acceptors (Lipinski definition) is 4. The van der Waals surface area contributed by atoms with Gasteiger partial charge in [-0.15, -0.1) is 0 Å². The van der Waals surface area contributed by atoms with Crippen LogP contribution < -0.4 is 0 Å². The Labute approximate surface area is 179 Å². The Bertz CT molecular complexity index is 764. The lowest BCUT2D eigenvalue weighted by Crippen LogP contribution is -2.76. The van der Waals surface area contributed by atoms with Crippen molar-refractivity contribution in [3.8, 4) is 0 Å². The van der Waals surface area contributed by atoms with Crippen LogP contribution in [0.15, 0.2) is 30.3 Å². The molecule has 10 heteroatoms. The Morgan fingerprint density at radius 2 is 1.30 bits per heavy atom. The molecule has 1 saturated heterocycles. The predicted octanol–water partition coefficient (Wildman–Crippen LogP) is 3.56. The number of benzene rings is 1. The largest absolute Gasteiger partial charge is 0.355 e. The minimum absolute atomic E-state index is 0.178. The maximum Gasteiger partial charge on any atom is 0.355 e. The van der Waals surface area contributed by atoms with E-state index in [1.807, 2.05) is 32.0 Å². The molecule has 1 aliphatic heterocycles. The van der Waals surface area contributed by atoms with Crippen molar-refractivity contribution in [2.45, 2.75) is 76.5 Å². The molecule has 1 heterocycles. The van der Waals surface area contributed by atoms with E-state index in [2.05, 4.69) is 30.9 Å². The molecular weight excluding hydrogens is 426 g/mol. The minimum atomic E-state index is -5.09. The summed E-state index contributed by atoms with van der Waals surface area (Å²) in [6.45, 7) is 9.31. The zero-order valence-electron chi connectivity index (χ0n) is 18.3.